The molecule has 2 aromatic rings. The van der Waals surface area contributed by atoms with E-state index in [1.54, 1.807) is 30.3 Å². The molecule has 0 fully saturated rings. The van der Waals surface area contributed by atoms with Crippen molar-refractivity contribution in [2.24, 2.45) is 0 Å². The highest BCUT2D eigenvalue weighted by Gasteiger charge is 2.23. The number of carboxylic acid groups (broad SMARTS) is 1. The summed E-state index contributed by atoms with van der Waals surface area (Å²) in [5.41, 5.74) is 0.972. The average molecular weight is 351 g/mol. The number of rotatable bonds is 7. The summed E-state index contributed by atoms with van der Waals surface area (Å²) in [6.45, 7) is 0. The summed E-state index contributed by atoms with van der Waals surface area (Å²) in [5, 5.41) is 11.9. The lowest BCUT2D eigenvalue weighted by Crippen LogP contribution is -2.20. The molecule has 0 aliphatic heterocycles. The molecule has 126 valence electrons. The number of thioether (sulfide) groups is 1. The first-order valence-corrected chi connectivity index (χ1v) is 7.96. The molecule has 0 saturated carbocycles. The number of hydrogen-bond acceptors (Lipinski definition) is 3. The highest BCUT2D eigenvalue weighted by molar-refractivity contribution is 7.99. The molecule has 1 amide bonds. The van der Waals surface area contributed by atoms with Gasteiger partial charge < -0.3 is 10.4 Å². The van der Waals surface area contributed by atoms with E-state index in [1.807, 2.05) is 0 Å². The van der Waals surface area contributed by atoms with E-state index in [9.17, 15) is 23.5 Å². The van der Waals surface area contributed by atoms with E-state index in [-0.39, 0.29) is 6.42 Å². The van der Waals surface area contributed by atoms with E-state index in [2.05, 4.69) is 5.32 Å². The van der Waals surface area contributed by atoms with Crippen LogP contribution < -0.4 is 5.32 Å². The van der Waals surface area contributed by atoms with Crippen molar-refractivity contribution in [3.8, 4) is 0 Å². The highest BCUT2D eigenvalue weighted by atomic mass is 32.2. The van der Waals surface area contributed by atoms with Crippen molar-refractivity contribution in [2.75, 3.05) is 5.32 Å². The summed E-state index contributed by atoms with van der Waals surface area (Å²) in [6, 6.07) is 14.4. The minimum Gasteiger partial charge on any atom is -0.481 e. The zero-order chi connectivity index (χ0) is 17.5. The van der Waals surface area contributed by atoms with Crippen LogP contribution in [0.5, 0.6) is 0 Å². The van der Waals surface area contributed by atoms with E-state index in [0.29, 0.717) is 27.9 Å². The van der Waals surface area contributed by atoms with E-state index in [0.717, 1.165) is 0 Å². The van der Waals surface area contributed by atoms with E-state index in [4.69, 9.17) is 0 Å². The van der Waals surface area contributed by atoms with Gasteiger partial charge >= 0.3 is 5.97 Å². The number of anilines is 1. The van der Waals surface area contributed by atoms with Gasteiger partial charge in [0.05, 0.1) is 5.92 Å². The molecule has 0 unspecified atom stereocenters. The number of hydrogen-bond donors (Lipinski definition) is 2. The van der Waals surface area contributed by atoms with Gasteiger partial charge in [0.2, 0.25) is 5.91 Å². The van der Waals surface area contributed by atoms with Crippen molar-refractivity contribution in [3.63, 3.8) is 0 Å². The molecule has 0 saturated heterocycles. The molecule has 0 aromatic heterocycles. The fourth-order valence-corrected chi connectivity index (χ4v) is 2.65. The van der Waals surface area contributed by atoms with Crippen LogP contribution in [0.15, 0.2) is 59.5 Å². The second-order valence-corrected chi connectivity index (χ2v) is 6.02. The van der Waals surface area contributed by atoms with Crippen LogP contribution in [0.1, 0.15) is 17.9 Å². The Morgan fingerprint density at radius 1 is 1.04 bits per heavy atom. The molecular weight excluding hydrogens is 336 g/mol. The maximum Gasteiger partial charge on any atom is 0.311 e. The smallest absolute Gasteiger partial charge is 0.311 e. The largest absolute Gasteiger partial charge is 0.481 e. The normalized spacial score (nSPS) is 12.0. The molecule has 2 aromatic carbocycles. The Labute approximate surface area is 141 Å². The number of carbonyl (C=O) groups excluding carboxylic acids is 1. The van der Waals surface area contributed by atoms with Gasteiger partial charge in [0.1, 0.15) is 0 Å². The molecule has 2 rings (SSSR count). The van der Waals surface area contributed by atoms with Gasteiger partial charge in [-0.15, -0.1) is 0 Å². The molecule has 2 N–H and O–H groups in total. The van der Waals surface area contributed by atoms with Gasteiger partial charge in [0.15, 0.2) is 0 Å². The van der Waals surface area contributed by atoms with Gasteiger partial charge in [-0.3, -0.25) is 9.59 Å². The number of alkyl halides is 2. The molecule has 0 aliphatic rings. The van der Waals surface area contributed by atoms with Gasteiger partial charge in [-0.25, -0.2) is 0 Å². The molecular formula is C17H15F2NO3S. The fraction of sp³-hybridized carbons (Fsp3) is 0.176. The Morgan fingerprint density at radius 3 is 2.21 bits per heavy atom. The highest BCUT2D eigenvalue weighted by Crippen LogP contribution is 2.26. The van der Waals surface area contributed by atoms with Crippen molar-refractivity contribution >= 4 is 29.3 Å². The summed E-state index contributed by atoms with van der Waals surface area (Å²) in [7, 11) is 0. The topological polar surface area (TPSA) is 66.4 Å². The van der Waals surface area contributed by atoms with Crippen LogP contribution in [0, 0.1) is 0 Å². The Morgan fingerprint density at radius 2 is 1.67 bits per heavy atom. The molecule has 7 heteroatoms. The predicted octanol–water partition coefficient (Wildman–Crippen LogP) is 4.20. The van der Waals surface area contributed by atoms with E-state index >= 15 is 0 Å². The van der Waals surface area contributed by atoms with Crippen LogP contribution in [-0.4, -0.2) is 22.7 Å². The van der Waals surface area contributed by atoms with Gasteiger partial charge in [0.25, 0.3) is 5.76 Å². The van der Waals surface area contributed by atoms with Crippen LogP contribution in [0.4, 0.5) is 14.5 Å². The lowest BCUT2D eigenvalue weighted by molar-refractivity contribution is -0.140. The maximum atomic E-state index is 12.2. The standard InChI is InChI=1S/C17H15F2NO3S/c18-17(19)24-13-8-6-12(7-9-13)20-15(21)10-14(16(22)23)11-4-2-1-3-5-11/h1-9,14,17H,10H2,(H,20,21)(H,22,23)/t14-/m1/s1. The number of aliphatic carboxylic acids is 1. The molecule has 0 spiro atoms. The third kappa shape index (κ3) is 5.34. The maximum absolute atomic E-state index is 12.2. The molecule has 0 aliphatic carbocycles. The Hall–Kier alpha value is -2.41. The zero-order valence-corrected chi connectivity index (χ0v) is 13.3. The fourth-order valence-electron chi connectivity index (χ4n) is 2.15. The van der Waals surface area contributed by atoms with Gasteiger partial charge in [0, 0.05) is 17.0 Å². The van der Waals surface area contributed by atoms with Crippen LogP contribution in [-0.2, 0) is 9.59 Å². The molecule has 0 bridgehead atoms. The Bertz CT molecular complexity index is 693. The van der Waals surface area contributed by atoms with Crippen LogP contribution in [0.3, 0.4) is 0 Å². The number of carboxylic acids is 1. The summed E-state index contributed by atoms with van der Waals surface area (Å²) in [5.74, 6) is -4.99. The monoisotopic (exact) mass is 351 g/mol. The summed E-state index contributed by atoms with van der Waals surface area (Å²) in [4.78, 5) is 23.8. The average Bonchev–Trinajstić information content (AvgIpc) is 2.54. The van der Waals surface area contributed by atoms with E-state index < -0.39 is 23.6 Å². The Kier molecular flexibility index (Phi) is 6.31. The minimum atomic E-state index is -2.51. The second kappa shape index (κ2) is 8.44. The molecule has 0 heterocycles. The number of nitrogens with one attached hydrogen (secondary N) is 1. The molecule has 24 heavy (non-hydrogen) atoms. The quantitative estimate of drug-likeness (QED) is 0.734. The Balaban J connectivity index is 1.99. The van der Waals surface area contributed by atoms with Crippen molar-refractivity contribution in [1.82, 2.24) is 0 Å². The number of carbonyl (C=O) groups is 2. The second-order valence-electron chi connectivity index (χ2n) is 4.96. The summed E-state index contributed by atoms with van der Waals surface area (Å²) in [6.07, 6.45) is -0.215. The van der Waals surface area contributed by atoms with Gasteiger partial charge in [-0.2, -0.15) is 8.78 Å². The summed E-state index contributed by atoms with van der Waals surface area (Å²) >= 11 is 0.414. The van der Waals surface area contributed by atoms with Crippen molar-refractivity contribution < 1.29 is 23.5 Å². The van der Waals surface area contributed by atoms with Crippen LogP contribution in [0.2, 0.25) is 0 Å². The van der Waals surface area contributed by atoms with Crippen LogP contribution in [0.25, 0.3) is 0 Å². The first-order valence-electron chi connectivity index (χ1n) is 7.08. The first-order chi connectivity index (χ1) is 11.5. The molecule has 0 radical (unpaired) electrons. The SMILES string of the molecule is O=C(C[C@@H](C(=O)O)c1ccccc1)Nc1ccc(SC(F)F)cc1. The van der Waals surface area contributed by atoms with Crippen LogP contribution >= 0.6 is 11.8 Å². The minimum absolute atomic E-state index is 0.215. The lowest BCUT2D eigenvalue weighted by Gasteiger charge is -2.13. The zero-order valence-electron chi connectivity index (χ0n) is 12.5. The van der Waals surface area contributed by atoms with Gasteiger partial charge in [-0.05, 0) is 29.8 Å². The number of halogens is 2. The van der Waals surface area contributed by atoms with Gasteiger partial charge in [-0.1, -0.05) is 42.1 Å². The molecule has 1 atom stereocenters. The molecule has 4 nitrogen and oxygen atoms in total. The number of benzene rings is 2. The number of amides is 1. The lowest BCUT2D eigenvalue weighted by atomic mass is 9.95. The third-order valence-electron chi connectivity index (χ3n) is 3.25. The van der Waals surface area contributed by atoms with Crippen molar-refractivity contribution in [3.05, 3.63) is 60.2 Å². The van der Waals surface area contributed by atoms with E-state index in [1.165, 1.54) is 24.3 Å². The predicted molar refractivity (Wildman–Crippen MR) is 88.4 cm³/mol. The summed E-state index contributed by atoms with van der Waals surface area (Å²) < 4.78 is 24.5. The first kappa shape index (κ1) is 17.9. The van der Waals surface area contributed by atoms with Crippen molar-refractivity contribution in [1.29, 1.82) is 0 Å². The third-order valence-corrected chi connectivity index (χ3v) is 3.98. The van der Waals surface area contributed by atoms with Crippen molar-refractivity contribution in [2.45, 2.75) is 23.0 Å².